The van der Waals surface area contributed by atoms with Crippen molar-refractivity contribution in [1.82, 2.24) is 15.1 Å². The molecular weight excluding hydrogens is 214 g/mol. The standard InChI is InChI=1S/C13H25N3O/c17-13(16-9-3-4-10-16)5-1-2-8-15-11-6-14-7-12-15/h14H,1-12H2. The number of amides is 1. The van der Waals surface area contributed by atoms with Crippen LogP contribution in [-0.4, -0.2) is 61.5 Å². The quantitative estimate of drug-likeness (QED) is 0.717. The van der Waals surface area contributed by atoms with Gasteiger partial charge in [-0.15, -0.1) is 0 Å². The predicted octanol–water partition coefficient (Wildman–Crippen LogP) is 0.684. The summed E-state index contributed by atoms with van der Waals surface area (Å²) in [5, 5.41) is 3.36. The number of unbranched alkanes of at least 4 members (excludes halogenated alkanes) is 1. The second kappa shape index (κ2) is 6.97. The van der Waals surface area contributed by atoms with Gasteiger partial charge in [-0.1, -0.05) is 0 Å². The first-order valence-corrected chi connectivity index (χ1v) is 7.07. The van der Waals surface area contributed by atoms with Gasteiger partial charge in [0.1, 0.15) is 0 Å². The number of carbonyl (C=O) groups is 1. The maximum Gasteiger partial charge on any atom is 0.222 e. The van der Waals surface area contributed by atoms with Crippen molar-refractivity contribution in [2.24, 2.45) is 0 Å². The van der Waals surface area contributed by atoms with E-state index in [2.05, 4.69) is 10.2 Å². The number of hydrogen-bond donors (Lipinski definition) is 1. The highest BCUT2D eigenvalue weighted by molar-refractivity contribution is 5.76. The largest absolute Gasteiger partial charge is 0.343 e. The highest BCUT2D eigenvalue weighted by Gasteiger charge is 2.17. The van der Waals surface area contributed by atoms with Crippen molar-refractivity contribution in [3.8, 4) is 0 Å². The summed E-state index contributed by atoms with van der Waals surface area (Å²) in [6.07, 6.45) is 5.38. The highest BCUT2D eigenvalue weighted by Crippen LogP contribution is 2.10. The maximum atomic E-state index is 11.8. The van der Waals surface area contributed by atoms with E-state index < -0.39 is 0 Å². The normalized spacial score (nSPS) is 22.0. The van der Waals surface area contributed by atoms with Gasteiger partial charge in [-0.3, -0.25) is 4.79 Å². The molecule has 0 aromatic rings. The van der Waals surface area contributed by atoms with E-state index in [0.717, 1.165) is 45.6 Å². The third-order valence-electron chi connectivity index (χ3n) is 3.78. The summed E-state index contributed by atoms with van der Waals surface area (Å²) in [7, 11) is 0. The molecule has 0 aromatic heterocycles. The zero-order chi connectivity index (χ0) is 11.9. The number of likely N-dealkylation sites (tertiary alicyclic amines) is 1. The lowest BCUT2D eigenvalue weighted by atomic mass is 10.2. The van der Waals surface area contributed by atoms with E-state index in [1.807, 2.05) is 4.90 Å². The molecule has 0 saturated carbocycles. The fourth-order valence-corrected chi connectivity index (χ4v) is 2.67. The Hall–Kier alpha value is -0.610. The van der Waals surface area contributed by atoms with Crippen molar-refractivity contribution in [2.45, 2.75) is 32.1 Å². The second-order valence-corrected chi connectivity index (χ2v) is 5.14. The fourth-order valence-electron chi connectivity index (χ4n) is 2.67. The first-order chi connectivity index (χ1) is 8.36. The van der Waals surface area contributed by atoms with Crippen LogP contribution in [0.3, 0.4) is 0 Å². The van der Waals surface area contributed by atoms with Crippen molar-refractivity contribution in [2.75, 3.05) is 45.8 Å². The van der Waals surface area contributed by atoms with Crippen LogP contribution in [0.25, 0.3) is 0 Å². The molecule has 0 radical (unpaired) electrons. The molecule has 0 aliphatic carbocycles. The summed E-state index contributed by atoms with van der Waals surface area (Å²) in [6, 6.07) is 0. The molecule has 2 heterocycles. The predicted molar refractivity (Wildman–Crippen MR) is 69.0 cm³/mol. The molecule has 2 saturated heterocycles. The summed E-state index contributed by atoms with van der Waals surface area (Å²) in [6.45, 7) is 7.72. The Bertz CT molecular complexity index is 233. The van der Waals surface area contributed by atoms with E-state index in [0.29, 0.717) is 5.91 Å². The van der Waals surface area contributed by atoms with Crippen LogP contribution in [0.1, 0.15) is 32.1 Å². The minimum atomic E-state index is 0.378. The van der Waals surface area contributed by atoms with Crippen LogP contribution in [0.5, 0.6) is 0 Å². The number of hydrogen-bond acceptors (Lipinski definition) is 3. The molecule has 0 aromatic carbocycles. The van der Waals surface area contributed by atoms with E-state index >= 15 is 0 Å². The number of nitrogens with zero attached hydrogens (tertiary/aromatic N) is 2. The van der Waals surface area contributed by atoms with Gasteiger partial charge in [0.05, 0.1) is 0 Å². The highest BCUT2D eigenvalue weighted by atomic mass is 16.2. The van der Waals surface area contributed by atoms with Crippen LogP contribution in [0.4, 0.5) is 0 Å². The van der Waals surface area contributed by atoms with Gasteiger partial charge in [0.15, 0.2) is 0 Å². The van der Waals surface area contributed by atoms with E-state index in [9.17, 15) is 4.79 Å². The summed E-state index contributed by atoms with van der Waals surface area (Å²) in [5.41, 5.74) is 0. The lowest BCUT2D eigenvalue weighted by molar-refractivity contribution is -0.130. The van der Waals surface area contributed by atoms with Crippen LogP contribution in [0.15, 0.2) is 0 Å². The third kappa shape index (κ3) is 4.28. The molecule has 2 aliphatic heterocycles. The SMILES string of the molecule is O=C(CCCCN1CCNCC1)N1CCCC1. The molecule has 0 bridgehead atoms. The Morgan fingerprint density at radius 1 is 1.00 bits per heavy atom. The minimum Gasteiger partial charge on any atom is -0.343 e. The van der Waals surface area contributed by atoms with Crippen molar-refractivity contribution in [3.05, 3.63) is 0 Å². The van der Waals surface area contributed by atoms with E-state index in [-0.39, 0.29) is 0 Å². The topological polar surface area (TPSA) is 35.6 Å². The molecular formula is C13H25N3O. The molecule has 1 N–H and O–H groups in total. The monoisotopic (exact) mass is 239 g/mol. The Kier molecular flexibility index (Phi) is 5.26. The smallest absolute Gasteiger partial charge is 0.222 e. The van der Waals surface area contributed by atoms with Crippen LogP contribution < -0.4 is 5.32 Å². The Balaban J connectivity index is 1.51. The molecule has 1 amide bonds. The molecule has 0 atom stereocenters. The fraction of sp³-hybridized carbons (Fsp3) is 0.923. The van der Waals surface area contributed by atoms with Crippen LogP contribution >= 0.6 is 0 Å². The summed E-state index contributed by atoms with van der Waals surface area (Å²) in [4.78, 5) is 16.3. The molecule has 17 heavy (non-hydrogen) atoms. The molecule has 4 nitrogen and oxygen atoms in total. The van der Waals surface area contributed by atoms with Crippen molar-refractivity contribution >= 4 is 5.91 Å². The molecule has 2 fully saturated rings. The Morgan fingerprint density at radius 2 is 1.71 bits per heavy atom. The minimum absolute atomic E-state index is 0.378. The van der Waals surface area contributed by atoms with Gasteiger partial charge >= 0.3 is 0 Å². The molecule has 0 spiro atoms. The Labute approximate surface area is 104 Å². The van der Waals surface area contributed by atoms with Gasteiger partial charge < -0.3 is 15.1 Å². The van der Waals surface area contributed by atoms with E-state index in [4.69, 9.17) is 0 Å². The number of piperazine rings is 1. The molecule has 2 aliphatic rings. The van der Waals surface area contributed by atoms with Crippen molar-refractivity contribution in [1.29, 1.82) is 0 Å². The average molecular weight is 239 g/mol. The van der Waals surface area contributed by atoms with Gasteiger partial charge in [0.25, 0.3) is 0 Å². The molecule has 0 unspecified atom stereocenters. The summed E-state index contributed by atoms with van der Waals surface area (Å²) >= 11 is 0. The number of carbonyl (C=O) groups excluding carboxylic acids is 1. The van der Waals surface area contributed by atoms with Gasteiger partial charge in [-0.05, 0) is 32.2 Å². The zero-order valence-corrected chi connectivity index (χ0v) is 10.8. The zero-order valence-electron chi connectivity index (χ0n) is 10.8. The first kappa shape index (κ1) is 12.8. The first-order valence-electron chi connectivity index (χ1n) is 7.07. The van der Waals surface area contributed by atoms with Crippen molar-refractivity contribution < 1.29 is 4.79 Å². The van der Waals surface area contributed by atoms with E-state index in [1.54, 1.807) is 0 Å². The second-order valence-electron chi connectivity index (χ2n) is 5.14. The average Bonchev–Trinajstić information content (AvgIpc) is 2.89. The van der Waals surface area contributed by atoms with Crippen molar-refractivity contribution in [3.63, 3.8) is 0 Å². The molecule has 98 valence electrons. The molecule has 4 heteroatoms. The Morgan fingerprint density at radius 3 is 2.41 bits per heavy atom. The number of nitrogens with one attached hydrogen (secondary N) is 1. The summed E-state index contributed by atoms with van der Waals surface area (Å²) < 4.78 is 0. The van der Waals surface area contributed by atoms with Crippen LogP contribution in [0, 0.1) is 0 Å². The molecule has 2 rings (SSSR count). The van der Waals surface area contributed by atoms with Gasteiger partial charge in [0, 0.05) is 45.7 Å². The van der Waals surface area contributed by atoms with Gasteiger partial charge in [-0.2, -0.15) is 0 Å². The van der Waals surface area contributed by atoms with Gasteiger partial charge in [0.2, 0.25) is 5.91 Å². The number of rotatable bonds is 5. The van der Waals surface area contributed by atoms with Gasteiger partial charge in [-0.25, -0.2) is 0 Å². The maximum absolute atomic E-state index is 11.8. The lowest BCUT2D eigenvalue weighted by Gasteiger charge is -2.27. The van der Waals surface area contributed by atoms with E-state index in [1.165, 1.54) is 32.4 Å². The van der Waals surface area contributed by atoms with Crippen LogP contribution in [0.2, 0.25) is 0 Å². The van der Waals surface area contributed by atoms with Crippen LogP contribution in [-0.2, 0) is 4.79 Å². The third-order valence-corrected chi connectivity index (χ3v) is 3.78. The summed E-state index contributed by atoms with van der Waals surface area (Å²) in [5.74, 6) is 0.378. The lowest BCUT2D eigenvalue weighted by Crippen LogP contribution is -2.43.